The summed E-state index contributed by atoms with van der Waals surface area (Å²) in [7, 11) is 1.35. The molecule has 98 valence electrons. The van der Waals surface area contributed by atoms with Gasteiger partial charge in [0.15, 0.2) is 17.4 Å². The molecule has 0 aliphatic rings. The second-order valence-electron chi connectivity index (χ2n) is 3.99. The maximum atomic E-state index is 13.6. The zero-order chi connectivity index (χ0) is 13.8. The van der Waals surface area contributed by atoms with Crippen LogP contribution in [0.1, 0.15) is 22.0 Å². The van der Waals surface area contributed by atoms with E-state index >= 15 is 0 Å². The normalized spacial score (nSPS) is 12.2. The van der Waals surface area contributed by atoms with Gasteiger partial charge < -0.3 is 4.74 Å². The number of methoxy groups -OCH3 is 1. The average molecular weight is 262 g/mol. The molecule has 0 bridgehead atoms. The van der Waals surface area contributed by atoms with Crippen molar-refractivity contribution in [3.8, 4) is 0 Å². The molecule has 1 atom stereocenters. The monoisotopic (exact) mass is 262 g/mol. The van der Waals surface area contributed by atoms with E-state index in [0.717, 1.165) is 6.07 Å². The maximum absolute atomic E-state index is 13.6. The quantitative estimate of drug-likeness (QED) is 0.788. The molecule has 1 unspecified atom stereocenters. The van der Waals surface area contributed by atoms with Crippen molar-refractivity contribution in [2.75, 3.05) is 7.11 Å². The van der Waals surface area contributed by atoms with Crippen molar-refractivity contribution in [2.45, 2.75) is 6.10 Å². The van der Waals surface area contributed by atoms with Crippen LogP contribution in [0, 0.1) is 11.6 Å². The minimum atomic E-state index is -1.15. The van der Waals surface area contributed by atoms with Gasteiger partial charge in [-0.15, -0.1) is 0 Å². The molecule has 2 aromatic rings. The van der Waals surface area contributed by atoms with E-state index in [1.807, 2.05) is 0 Å². The van der Waals surface area contributed by atoms with Crippen LogP contribution in [0.3, 0.4) is 0 Å². The zero-order valence-corrected chi connectivity index (χ0v) is 10.3. The van der Waals surface area contributed by atoms with Crippen molar-refractivity contribution in [1.29, 1.82) is 0 Å². The lowest BCUT2D eigenvalue weighted by molar-refractivity contribution is 0.0599. The summed E-state index contributed by atoms with van der Waals surface area (Å²) in [6.07, 6.45) is -0.947. The van der Waals surface area contributed by atoms with Crippen LogP contribution in [0.4, 0.5) is 8.78 Å². The number of carbonyl (C=O) groups excluding carboxylic acids is 1. The highest BCUT2D eigenvalue weighted by atomic mass is 19.2. The topological polar surface area (TPSA) is 26.3 Å². The molecular formula is C15H12F2O2. The van der Waals surface area contributed by atoms with Crippen molar-refractivity contribution in [1.82, 2.24) is 0 Å². The van der Waals surface area contributed by atoms with Crippen LogP contribution in [0.25, 0.3) is 0 Å². The second-order valence-corrected chi connectivity index (χ2v) is 3.99. The molecule has 0 saturated carbocycles. The fourth-order valence-electron chi connectivity index (χ4n) is 1.86. The van der Waals surface area contributed by atoms with E-state index in [1.165, 1.54) is 19.2 Å². The van der Waals surface area contributed by atoms with Crippen molar-refractivity contribution in [3.05, 3.63) is 71.3 Å². The van der Waals surface area contributed by atoms with Gasteiger partial charge >= 0.3 is 0 Å². The van der Waals surface area contributed by atoms with Crippen LogP contribution in [-0.4, -0.2) is 12.9 Å². The molecule has 2 aromatic carbocycles. The van der Waals surface area contributed by atoms with Crippen molar-refractivity contribution < 1.29 is 18.3 Å². The van der Waals surface area contributed by atoms with Gasteiger partial charge in [0.2, 0.25) is 0 Å². The van der Waals surface area contributed by atoms with Gasteiger partial charge in [-0.3, -0.25) is 4.79 Å². The van der Waals surface area contributed by atoms with Gasteiger partial charge in [-0.1, -0.05) is 36.4 Å². The molecule has 0 aromatic heterocycles. The van der Waals surface area contributed by atoms with Gasteiger partial charge in [0.05, 0.1) is 5.56 Å². The highest BCUT2D eigenvalue weighted by Crippen LogP contribution is 2.23. The number of rotatable bonds is 4. The Labute approximate surface area is 109 Å². The largest absolute Gasteiger partial charge is 0.369 e. The lowest BCUT2D eigenvalue weighted by Gasteiger charge is -2.15. The summed E-state index contributed by atoms with van der Waals surface area (Å²) in [5, 5.41) is 0. The van der Waals surface area contributed by atoms with E-state index in [1.54, 1.807) is 30.3 Å². The molecule has 0 heterocycles. The number of halogens is 2. The molecule has 0 radical (unpaired) electrons. The van der Waals surface area contributed by atoms with Gasteiger partial charge in [-0.05, 0) is 17.7 Å². The van der Waals surface area contributed by atoms with E-state index < -0.39 is 23.5 Å². The van der Waals surface area contributed by atoms with Gasteiger partial charge in [0.25, 0.3) is 0 Å². The number of hydrogen-bond acceptors (Lipinski definition) is 2. The van der Waals surface area contributed by atoms with Crippen LogP contribution in [-0.2, 0) is 4.74 Å². The highest BCUT2D eigenvalue weighted by molar-refractivity contribution is 6.00. The number of benzene rings is 2. The predicted octanol–water partition coefficient (Wildman–Crippen LogP) is 3.54. The summed E-state index contributed by atoms with van der Waals surface area (Å²) < 4.78 is 31.9. The molecule has 4 heteroatoms. The molecule has 0 spiro atoms. The SMILES string of the molecule is COC(C(=O)c1cccc(F)c1F)c1ccccc1. The standard InChI is InChI=1S/C15H12F2O2/c1-19-15(10-6-3-2-4-7-10)14(18)11-8-5-9-12(16)13(11)17/h2-9,15H,1H3. The molecule has 0 saturated heterocycles. The van der Waals surface area contributed by atoms with Gasteiger partial charge in [0.1, 0.15) is 6.10 Å². The summed E-state index contributed by atoms with van der Waals surface area (Å²) in [6, 6.07) is 12.2. The third-order valence-corrected chi connectivity index (χ3v) is 2.79. The first-order valence-corrected chi connectivity index (χ1v) is 5.71. The van der Waals surface area contributed by atoms with Crippen molar-refractivity contribution in [2.24, 2.45) is 0 Å². The van der Waals surface area contributed by atoms with Crippen molar-refractivity contribution in [3.63, 3.8) is 0 Å². The Hall–Kier alpha value is -2.07. The fourth-order valence-corrected chi connectivity index (χ4v) is 1.86. The summed E-state index contributed by atoms with van der Waals surface area (Å²) in [6.45, 7) is 0. The zero-order valence-electron chi connectivity index (χ0n) is 10.3. The Morgan fingerprint density at radius 1 is 1.05 bits per heavy atom. The molecule has 0 fully saturated rings. The summed E-state index contributed by atoms with van der Waals surface area (Å²) in [5.74, 6) is -2.80. The summed E-state index contributed by atoms with van der Waals surface area (Å²) in [4.78, 5) is 12.2. The van der Waals surface area contributed by atoms with Gasteiger partial charge in [0, 0.05) is 7.11 Å². The number of Topliss-reactive ketones (excluding diaryl/α,β-unsaturated/α-hetero) is 1. The van der Waals surface area contributed by atoms with Crippen LogP contribution >= 0.6 is 0 Å². The Morgan fingerprint density at radius 3 is 2.37 bits per heavy atom. The number of ketones is 1. The molecule has 2 rings (SSSR count). The van der Waals surface area contributed by atoms with E-state index in [4.69, 9.17) is 4.74 Å². The number of carbonyl (C=O) groups is 1. The van der Waals surface area contributed by atoms with Crippen molar-refractivity contribution >= 4 is 5.78 Å². The van der Waals surface area contributed by atoms with Gasteiger partial charge in [-0.2, -0.15) is 0 Å². The molecule has 19 heavy (non-hydrogen) atoms. The highest BCUT2D eigenvalue weighted by Gasteiger charge is 2.25. The number of hydrogen-bond donors (Lipinski definition) is 0. The Morgan fingerprint density at radius 2 is 1.74 bits per heavy atom. The molecule has 0 N–H and O–H groups in total. The Bertz CT molecular complexity index is 582. The smallest absolute Gasteiger partial charge is 0.199 e. The Balaban J connectivity index is 2.39. The summed E-state index contributed by atoms with van der Waals surface area (Å²) in [5.41, 5.74) is 0.286. The fraction of sp³-hybridized carbons (Fsp3) is 0.133. The van der Waals surface area contributed by atoms with E-state index in [2.05, 4.69) is 0 Å². The molecule has 0 aliphatic carbocycles. The summed E-state index contributed by atoms with van der Waals surface area (Å²) >= 11 is 0. The van der Waals surface area contributed by atoms with Crippen LogP contribution < -0.4 is 0 Å². The third kappa shape index (κ3) is 2.69. The van der Waals surface area contributed by atoms with Crippen LogP contribution in [0.2, 0.25) is 0 Å². The molecular weight excluding hydrogens is 250 g/mol. The lowest BCUT2D eigenvalue weighted by atomic mass is 9.99. The second kappa shape index (κ2) is 5.71. The van der Waals surface area contributed by atoms with Crippen LogP contribution in [0.15, 0.2) is 48.5 Å². The minimum absolute atomic E-state index is 0.310. The lowest BCUT2D eigenvalue weighted by Crippen LogP contribution is -2.16. The molecule has 0 amide bonds. The number of ether oxygens (including phenoxy) is 1. The van der Waals surface area contributed by atoms with E-state index in [-0.39, 0.29) is 5.56 Å². The maximum Gasteiger partial charge on any atom is 0.199 e. The van der Waals surface area contributed by atoms with Gasteiger partial charge in [-0.25, -0.2) is 8.78 Å². The third-order valence-electron chi connectivity index (χ3n) is 2.79. The first-order valence-electron chi connectivity index (χ1n) is 5.71. The molecule has 2 nitrogen and oxygen atoms in total. The first kappa shape index (κ1) is 13.4. The minimum Gasteiger partial charge on any atom is -0.369 e. The van der Waals surface area contributed by atoms with E-state index in [0.29, 0.717) is 5.56 Å². The molecule has 0 aliphatic heterocycles. The average Bonchev–Trinajstić information content (AvgIpc) is 2.44. The van der Waals surface area contributed by atoms with Crippen LogP contribution in [0.5, 0.6) is 0 Å². The van der Waals surface area contributed by atoms with E-state index in [9.17, 15) is 13.6 Å². The predicted molar refractivity (Wildman–Crippen MR) is 66.9 cm³/mol. The Kier molecular flexibility index (Phi) is 4.02. The first-order chi connectivity index (χ1) is 9.15.